The number of amides is 1. The number of hydrogen-bond donors (Lipinski definition) is 2. The van der Waals surface area contributed by atoms with Crippen LogP contribution < -0.4 is 21.5 Å². The molecule has 0 saturated carbocycles. The molecule has 1 fully saturated rings. The van der Waals surface area contributed by atoms with Gasteiger partial charge in [-0.3, -0.25) is 23.3 Å². The minimum atomic E-state index is -0.557. The van der Waals surface area contributed by atoms with Crippen LogP contribution in [-0.4, -0.2) is 55.9 Å². The van der Waals surface area contributed by atoms with Crippen LogP contribution in [0.25, 0.3) is 11.2 Å². The maximum atomic E-state index is 14.7. The van der Waals surface area contributed by atoms with Crippen LogP contribution in [0.2, 0.25) is 5.02 Å². The van der Waals surface area contributed by atoms with Crippen molar-refractivity contribution >= 4 is 34.6 Å². The molecule has 0 spiro atoms. The summed E-state index contributed by atoms with van der Waals surface area (Å²) >= 11 is 6.28. The first-order valence-electron chi connectivity index (χ1n) is 11.0. The van der Waals surface area contributed by atoms with Gasteiger partial charge in [0.1, 0.15) is 5.82 Å². The van der Waals surface area contributed by atoms with Crippen LogP contribution in [-0.2, 0) is 25.4 Å². The average Bonchev–Trinajstić information content (AvgIpc) is 3.21. The third-order valence-electron chi connectivity index (χ3n) is 6.19. The molecule has 4 rings (SSSR count). The molecule has 2 aromatic heterocycles. The van der Waals surface area contributed by atoms with Gasteiger partial charge < -0.3 is 15.3 Å². The molecule has 0 aliphatic carbocycles. The number of nitrogens with one attached hydrogen (secondary N) is 1. The molecule has 3 heterocycles. The fraction of sp³-hybridized carbons (Fsp3) is 0.455. The van der Waals surface area contributed by atoms with E-state index in [1.165, 1.54) is 30.8 Å². The molecule has 1 atom stereocenters. The molecule has 1 aliphatic rings. The van der Waals surface area contributed by atoms with Crippen molar-refractivity contribution in [2.45, 2.75) is 19.4 Å². The van der Waals surface area contributed by atoms with Gasteiger partial charge in [0.2, 0.25) is 11.9 Å². The molecule has 0 radical (unpaired) electrons. The van der Waals surface area contributed by atoms with Crippen molar-refractivity contribution in [3.63, 3.8) is 0 Å². The van der Waals surface area contributed by atoms with Gasteiger partial charge in [-0.2, -0.15) is 4.98 Å². The number of carbonyl (C=O) groups is 1. The largest absolute Gasteiger partial charge is 0.395 e. The molecular formula is C22H26ClFN6O4. The molecule has 1 aliphatic heterocycles. The number of imidazole rings is 1. The highest BCUT2D eigenvalue weighted by Gasteiger charge is 2.30. The number of anilines is 1. The van der Waals surface area contributed by atoms with Gasteiger partial charge in [-0.15, -0.1) is 0 Å². The van der Waals surface area contributed by atoms with Crippen LogP contribution in [0.4, 0.5) is 10.3 Å². The summed E-state index contributed by atoms with van der Waals surface area (Å²) in [6, 6.07) is 4.35. The number of fused-ring (bicyclic) bond motifs is 1. The van der Waals surface area contributed by atoms with Crippen molar-refractivity contribution in [2.75, 3.05) is 31.1 Å². The Balaban J connectivity index is 1.86. The Labute approximate surface area is 199 Å². The summed E-state index contributed by atoms with van der Waals surface area (Å²) in [5.74, 6) is -0.701. The summed E-state index contributed by atoms with van der Waals surface area (Å²) in [5, 5.41) is 11.9. The van der Waals surface area contributed by atoms with Gasteiger partial charge >= 0.3 is 5.69 Å². The first-order chi connectivity index (χ1) is 16.2. The summed E-state index contributed by atoms with van der Waals surface area (Å²) in [7, 11) is 2.89. The average molecular weight is 493 g/mol. The first-order valence-corrected chi connectivity index (χ1v) is 11.3. The van der Waals surface area contributed by atoms with Gasteiger partial charge in [-0.1, -0.05) is 17.7 Å². The predicted octanol–water partition coefficient (Wildman–Crippen LogP) is 0.599. The number of benzene rings is 1. The summed E-state index contributed by atoms with van der Waals surface area (Å²) in [4.78, 5) is 44.6. The zero-order valence-electron chi connectivity index (χ0n) is 18.9. The molecule has 1 saturated heterocycles. The van der Waals surface area contributed by atoms with Crippen LogP contribution >= 0.6 is 11.6 Å². The Kier molecular flexibility index (Phi) is 6.76. The van der Waals surface area contributed by atoms with E-state index in [4.69, 9.17) is 16.7 Å². The van der Waals surface area contributed by atoms with E-state index in [-0.39, 0.29) is 53.3 Å². The summed E-state index contributed by atoms with van der Waals surface area (Å²) in [6.45, 7) is 0.811. The monoisotopic (exact) mass is 492 g/mol. The minimum absolute atomic E-state index is 0.0807. The number of carbonyl (C=O) groups excluding carboxylic acids is 1. The van der Waals surface area contributed by atoms with Gasteiger partial charge in [-0.05, 0) is 25.0 Å². The van der Waals surface area contributed by atoms with Crippen molar-refractivity contribution in [3.8, 4) is 0 Å². The molecule has 3 aromatic rings. The highest BCUT2D eigenvalue weighted by Crippen LogP contribution is 2.28. The molecule has 1 unspecified atom stereocenters. The van der Waals surface area contributed by atoms with E-state index in [2.05, 4.69) is 10.3 Å². The lowest BCUT2D eigenvalue weighted by Gasteiger charge is -2.33. The topological polar surface area (TPSA) is 114 Å². The number of aliphatic hydroxyl groups excluding tert-OH is 1. The fourth-order valence-electron chi connectivity index (χ4n) is 4.36. The standard InChI is InChI=1S/C22H26ClFN6O4/c1-27-18-17(20(33)28(2)22(27)34)30(12-14-15(23)6-3-7-16(14)24)21(26-18)29-9-4-5-13(11-29)19(32)25-8-10-31/h3,6-7,13,31H,4-5,8-12H2,1-2H3,(H,25,32). The normalized spacial score (nSPS) is 16.3. The van der Waals surface area contributed by atoms with Crippen molar-refractivity contribution in [1.82, 2.24) is 24.0 Å². The van der Waals surface area contributed by atoms with Crippen LogP contribution in [0.1, 0.15) is 18.4 Å². The second-order valence-corrected chi connectivity index (χ2v) is 8.78. The zero-order valence-corrected chi connectivity index (χ0v) is 19.7. The Bertz CT molecular complexity index is 1340. The second-order valence-electron chi connectivity index (χ2n) is 8.38. The highest BCUT2D eigenvalue weighted by molar-refractivity contribution is 6.31. The number of halogens is 2. The van der Waals surface area contributed by atoms with Crippen molar-refractivity contribution in [1.29, 1.82) is 0 Å². The summed E-state index contributed by atoms with van der Waals surface area (Å²) in [6.07, 6.45) is 1.35. The summed E-state index contributed by atoms with van der Waals surface area (Å²) < 4.78 is 18.5. The fourth-order valence-corrected chi connectivity index (χ4v) is 4.59. The van der Waals surface area contributed by atoms with Crippen molar-refractivity contribution in [2.24, 2.45) is 20.0 Å². The lowest BCUT2D eigenvalue weighted by atomic mass is 9.97. The van der Waals surface area contributed by atoms with Crippen LogP contribution in [0.3, 0.4) is 0 Å². The lowest BCUT2D eigenvalue weighted by Crippen LogP contribution is -2.44. The lowest BCUT2D eigenvalue weighted by molar-refractivity contribution is -0.125. The number of piperidine rings is 1. The number of rotatable bonds is 6. The number of aryl methyl sites for hydroxylation is 1. The Morgan fingerprint density at radius 2 is 2.06 bits per heavy atom. The van der Waals surface area contributed by atoms with E-state index in [1.807, 2.05) is 4.90 Å². The maximum Gasteiger partial charge on any atom is 0.332 e. The molecule has 12 heteroatoms. The van der Waals surface area contributed by atoms with Crippen molar-refractivity contribution < 1.29 is 14.3 Å². The number of aromatic nitrogens is 4. The second kappa shape index (κ2) is 9.59. The van der Waals surface area contributed by atoms with Gasteiger partial charge in [-0.25, -0.2) is 9.18 Å². The molecular weight excluding hydrogens is 467 g/mol. The van der Waals surface area contributed by atoms with Crippen LogP contribution in [0.5, 0.6) is 0 Å². The molecule has 34 heavy (non-hydrogen) atoms. The van der Waals surface area contributed by atoms with E-state index in [1.54, 1.807) is 10.6 Å². The molecule has 1 amide bonds. The smallest absolute Gasteiger partial charge is 0.332 e. The third-order valence-corrected chi connectivity index (χ3v) is 6.55. The molecule has 10 nitrogen and oxygen atoms in total. The molecule has 0 bridgehead atoms. The van der Waals surface area contributed by atoms with Gasteiger partial charge in [0.05, 0.1) is 19.1 Å². The quantitative estimate of drug-likeness (QED) is 0.521. The third kappa shape index (κ3) is 4.21. The van der Waals surface area contributed by atoms with Gasteiger partial charge in [0.25, 0.3) is 5.56 Å². The predicted molar refractivity (Wildman–Crippen MR) is 126 cm³/mol. The van der Waals surface area contributed by atoms with E-state index in [0.29, 0.717) is 31.9 Å². The summed E-state index contributed by atoms with van der Waals surface area (Å²) in [5.41, 5.74) is -0.584. The van der Waals surface area contributed by atoms with E-state index >= 15 is 0 Å². The SMILES string of the molecule is Cn1c(=O)c2c(nc(N3CCCC(C(=O)NCCO)C3)n2Cc2c(F)cccc2Cl)n(C)c1=O. The Morgan fingerprint density at radius 1 is 1.29 bits per heavy atom. The maximum absolute atomic E-state index is 14.7. The number of nitrogens with zero attached hydrogens (tertiary/aromatic N) is 5. The van der Waals surface area contributed by atoms with E-state index in [9.17, 15) is 18.8 Å². The first kappa shape index (κ1) is 24.0. The van der Waals surface area contributed by atoms with Crippen LogP contribution in [0, 0.1) is 11.7 Å². The van der Waals surface area contributed by atoms with Gasteiger partial charge in [0, 0.05) is 44.3 Å². The van der Waals surface area contributed by atoms with Gasteiger partial charge in [0.15, 0.2) is 11.2 Å². The van der Waals surface area contributed by atoms with Crippen molar-refractivity contribution in [3.05, 3.63) is 55.4 Å². The highest BCUT2D eigenvalue weighted by atomic mass is 35.5. The Hall–Kier alpha value is -3.18. The van der Waals surface area contributed by atoms with E-state index < -0.39 is 17.1 Å². The Morgan fingerprint density at radius 3 is 2.76 bits per heavy atom. The van der Waals surface area contributed by atoms with E-state index in [0.717, 1.165) is 4.57 Å². The number of hydrogen-bond acceptors (Lipinski definition) is 6. The molecule has 2 N–H and O–H groups in total. The molecule has 182 valence electrons. The zero-order chi connectivity index (χ0) is 24.6. The minimum Gasteiger partial charge on any atom is -0.395 e. The molecule has 1 aromatic carbocycles. The van der Waals surface area contributed by atoms with Crippen LogP contribution in [0.15, 0.2) is 27.8 Å². The number of aliphatic hydroxyl groups is 1.